The number of nitro groups is 1. The van der Waals surface area contributed by atoms with Crippen LogP contribution in [0.4, 0.5) is 11.5 Å². The highest BCUT2D eigenvalue weighted by Crippen LogP contribution is 2.35. The van der Waals surface area contributed by atoms with Crippen LogP contribution in [0.2, 0.25) is 0 Å². The lowest BCUT2D eigenvalue weighted by Crippen LogP contribution is -2.04. The molecule has 31 heavy (non-hydrogen) atoms. The van der Waals surface area contributed by atoms with Crippen LogP contribution in [0.25, 0.3) is 21.6 Å². The van der Waals surface area contributed by atoms with E-state index >= 15 is 0 Å². The molecule has 0 radical (unpaired) electrons. The van der Waals surface area contributed by atoms with Crippen molar-refractivity contribution in [2.24, 2.45) is 0 Å². The van der Waals surface area contributed by atoms with Crippen molar-refractivity contribution in [2.45, 2.75) is 20.4 Å². The second-order valence-corrected chi connectivity index (χ2v) is 8.23. The summed E-state index contributed by atoms with van der Waals surface area (Å²) in [4.78, 5) is 33.1. The number of nitrogens with one attached hydrogen (secondary N) is 1. The Hall–Kier alpha value is -3.85. The molecule has 2 aromatic heterocycles. The van der Waals surface area contributed by atoms with Crippen molar-refractivity contribution in [1.82, 2.24) is 9.97 Å². The first kappa shape index (κ1) is 20.4. The minimum absolute atomic E-state index is 0.0360. The normalized spacial score (nSPS) is 10.9. The second-order valence-electron chi connectivity index (χ2n) is 7.02. The van der Waals surface area contributed by atoms with E-state index in [1.165, 1.54) is 24.3 Å². The van der Waals surface area contributed by atoms with Crippen LogP contribution in [0.15, 0.2) is 48.5 Å². The largest absolute Gasteiger partial charge is 0.478 e. The zero-order valence-corrected chi connectivity index (χ0v) is 17.6. The van der Waals surface area contributed by atoms with Gasteiger partial charge in [-0.1, -0.05) is 24.3 Å². The van der Waals surface area contributed by atoms with E-state index in [-0.39, 0.29) is 11.3 Å². The van der Waals surface area contributed by atoms with Crippen LogP contribution < -0.4 is 5.32 Å². The van der Waals surface area contributed by atoms with Crippen LogP contribution in [0.1, 0.15) is 26.4 Å². The first-order valence-electron chi connectivity index (χ1n) is 9.42. The Labute approximate surface area is 181 Å². The van der Waals surface area contributed by atoms with Gasteiger partial charge in [-0.25, -0.2) is 14.8 Å². The third-order valence-corrected chi connectivity index (χ3v) is 6.10. The predicted molar refractivity (Wildman–Crippen MR) is 120 cm³/mol. The molecule has 0 aliphatic heterocycles. The fourth-order valence-electron chi connectivity index (χ4n) is 3.23. The number of hydrogen-bond acceptors (Lipinski definition) is 7. The Morgan fingerprint density at radius 3 is 2.58 bits per heavy atom. The molecule has 156 valence electrons. The van der Waals surface area contributed by atoms with Crippen LogP contribution >= 0.6 is 11.3 Å². The number of hydrogen-bond donors (Lipinski definition) is 2. The number of nitro benzene ring substituents is 1. The molecule has 0 saturated heterocycles. The van der Waals surface area contributed by atoms with E-state index in [0.29, 0.717) is 23.8 Å². The van der Waals surface area contributed by atoms with Crippen molar-refractivity contribution < 1.29 is 14.8 Å². The smallest absolute Gasteiger partial charge is 0.335 e. The van der Waals surface area contributed by atoms with Gasteiger partial charge in [0.25, 0.3) is 5.69 Å². The third kappa shape index (κ3) is 4.08. The maximum atomic E-state index is 11.1. The molecule has 0 aliphatic carbocycles. The summed E-state index contributed by atoms with van der Waals surface area (Å²) >= 11 is 1.56. The number of benzene rings is 2. The molecule has 0 bridgehead atoms. The topological polar surface area (TPSA) is 118 Å². The molecular weight excluding hydrogens is 416 g/mol. The number of fused-ring (bicyclic) bond motifs is 1. The Morgan fingerprint density at radius 2 is 1.90 bits per heavy atom. The summed E-state index contributed by atoms with van der Waals surface area (Å²) < 4.78 is 0. The number of carboxylic acids is 1. The van der Waals surface area contributed by atoms with Crippen molar-refractivity contribution in [3.05, 3.63) is 80.2 Å². The SMILES string of the molecule is Cc1sc2nc(-c3ccc(C(=O)O)cc3)nc(NCc3cccc([N+](=O)[O-])c3)c2c1C. The van der Waals surface area contributed by atoms with Gasteiger partial charge in [-0.3, -0.25) is 10.1 Å². The third-order valence-electron chi connectivity index (χ3n) is 5.00. The first-order valence-corrected chi connectivity index (χ1v) is 10.2. The van der Waals surface area contributed by atoms with Gasteiger partial charge in [0.15, 0.2) is 5.82 Å². The van der Waals surface area contributed by atoms with Gasteiger partial charge in [0.2, 0.25) is 0 Å². The van der Waals surface area contributed by atoms with E-state index in [1.807, 2.05) is 19.9 Å². The zero-order chi connectivity index (χ0) is 22.1. The van der Waals surface area contributed by atoms with Gasteiger partial charge in [0, 0.05) is 29.1 Å². The minimum Gasteiger partial charge on any atom is -0.478 e. The summed E-state index contributed by atoms with van der Waals surface area (Å²) in [6, 6.07) is 12.9. The summed E-state index contributed by atoms with van der Waals surface area (Å²) in [5.74, 6) is 0.120. The molecular formula is C22H18N4O4S. The Morgan fingerprint density at radius 1 is 1.16 bits per heavy atom. The summed E-state index contributed by atoms with van der Waals surface area (Å²) in [6.45, 7) is 4.39. The van der Waals surface area contributed by atoms with E-state index in [9.17, 15) is 14.9 Å². The number of rotatable bonds is 6. The molecule has 0 fully saturated rings. The molecule has 2 N–H and O–H groups in total. The maximum absolute atomic E-state index is 11.1. The van der Waals surface area contributed by atoms with Gasteiger partial charge in [0.1, 0.15) is 10.6 Å². The number of nitrogens with zero attached hydrogens (tertiary/aromatic N) is 3. The van der Waals surface area contributed by atoms with Crippen LogP contribution in [0.5, 0.6) is 0 Å². The number of aryl methyl sites for hydroxylation is 2. The fraction of sp³-hybridized carbons (Fsp3) is 0.136. The van der Waals surface area contributed by atoms with E-state index in [1.54, 1.807) is 29.5 Å². The number of aromatic carboxylic acids is 1. The molecule has 9 heteroatoms. The van der Waals surface area contributed by atoms with Gasteiger partial charge in [-0.05, 0) is 37.1 Å². The number of thiophene rings is 1. The maximum Gasteiger partial charge on any atom is 0.335 e. The fourth-order valence-corrected chi connectivity index (χ4v) is 4.26. The van der Waals surface area contributed by atoms with Crippen molar-refractivity contribution >= 4 is 39.0 Å². The molecule has 0 amide bonds. The predicted octanol–water partition coefficient (Wildman–Crippen LogP) is 5.19. The number of non-ortho nitro benzene ring substituents is 1. The second kappa shape index (κ2) is 8.11. The number of carboxylic acid groups (broad SMARTS) is 1. The molecule has 2 heterocycles. The van der Waals surface area contributed by atoms with E-state index < -0.39 is 10.9 Å². The van der Waals surface area contributed by atoms with Crippen molar-refractivity contribution in [3.63, 3.8) is 0 Å². The van der Waals surface area contributed by atoms with E-state index in [2.05, 4.69) is 10.3 Å². The molecule has 0 unspecified atom stereocenters. The summed E-state index contributed by atoms with van der Waals surface area (Å²) in [5, 5.41) is 24.4. The van der Waals surface area contributed by atoms with Crippen molar-refractivity contribution in [1.29, 1.82) is 0 Å². The summed E-state index contributed by atoms with van der Waals surface area (Å²) in [7, 11) is 0. The van der Waals surface area contributed by atoms with Crippen LogP contribution in [0, 0.1) is 24.0 Å². The molecule has 0 atom stereocenters. The Balaban J connectivity index is 1.73. The lowest BCUT2D eigenvalue weighted by atomic mass is 10.1. The van der Waals surface area contributed by atoms with Crippen LogP contribution in [-0.4, -0.2) is 26.0 Å². The van der Waals surface area contributed by atoms with Crippen LogP contribution in [-0.2, 0) is 6.54 Å². The van der Waals surface area contributed by atoms with Gasteiger partial charge in [0.05, 0.1) is 15.9 Å². The lowest BCUT2D eigenvalue weighted by molar-refractivity contribution is -0.384. The number of anilines is 1. The van der Waals surface area contributed by atoms with Gasteiger partial charge in [-0.15, -0.1) is 11.3 Å². The zero-order valence-electron chi connectivity index (χ0n) is 16.7. The van der Waals surface area contributed by atoms with E-state index in [0.717, 1.165) is 26.2 Å². The molecule has 8 nitrogen and oxygen atoms in total. The summed E-state index contributed by atoms with van der Waals surface area (Å²) in [6.07, 6.45) is 0. The Kier molecular flexibility index (Phi) is 5.35. The highest BCUT2D eigenvalue weighted by molar-refractivity contribution is 7.18. The lowest BCUT2D eigenvalue weighted by Gasteiger charge is -2.10. The first-order chi connectivity index (χ1) is 14.8. The van der Waals surface area contributed by atoms with Gasteiger partial charge >= 0.3 is 5.97 Å². The molecule has 0 saturated carbocycles. The molecule has 2 aromatic carbocycles. The molecule has 4 aromatic rings. The monoisotopic (exact) mass is 434 g/mol. The Bertz CT molecular complexity index is 1320. The van der Waals surface area contributed by atoms with Gasteiger partial charge < -0.3 is 10.4 Å². The van der Waals surface area contributed by atoms with E-state index in [4.69, 9.17) is 10.1 Å². The quantitative estimate of drug-likeness (QED) is 0.316. The molecule has 0 spiro atoms. The van der Waals surface area contributed by atoms with Gasteiger partial charge in [-0.2, -0.15) is 0 Å². The average Bonchev–Trinajstić information content (AvgIpc) is 3.05. The average molecular weight is 434 g/mol. The number of carbonyl (C=O) groups is 1. The van der Waals surface area contributed by atoms with Crippen molar-refractivity contribution in [3.8, 4) is 11.4 Å². The standard InChI is InChI=1S/C22H18N4O4S/c1-12-13(2)31-21-18(12)20(23-11-14-4-3-5-17(10-14)26(29)30)24-19(25-21)15-6-8-16(9-7-15)22(27)28/h3-10H,11H2,1-2H3,(H,27,28)(H,23,24,25). The molecule has 0 aliphatic rings. The highest BCUT2D eigenvalue weighted by Gasteiger charge is 2.16. The molecule has 4 rings (SSSR count). The van der Waals surface area contributed by atoms with Crippen molar-refractivity contribution in [2.75, 3.05) is 5.32 Å². The number of aromatic nitrogens is 2. The highest BCUT2D eigenvalue weighted by atomic mass is 32.1. The minimum atomic E-state index is -0.994. The summed E-state index contributed by atoms with van der Waals surface area (Å²) in [5.41, 5.74) is 2.77. The van der Waals surface area contributed by atoms with Crippen LogP contribution in [0.3, 0.4) is 0 Å².